The number of aryl methyl sites for hydroxylation is 2. The number of nitrogens with zero attached hydrogens (tertiary/aromatic N) is 3. The van der Waals surface area contributed by atoms with Crippen molar-refractivity contribution in [2.24, 2.45) is 12.0 Å². The van der Waals surface area contributed by atoms with E-state index in [4.69, 9.17) is 14.5 Å². The van der Waals surface area contributed by atoms with Crippen molar-refractivity contribution in [3.63, 3.8) is 0 Å². The average molecular weight is 609 g/mol. The number of carbonyl (C=O) groups is 1. The summed E-state index contributed by atoms with van der Waals surface area (Å²) in [5.74, 6) is 0.0515. The van der Waals surface area contributed by atoms with Gasteiger partial charge in [-0.2, -0.15) is 0 Å². The van der Waals surface area contributed by atoms with Crippen LogP contribution in [0.25, 0.3) is 17.0 Å². The van der Waals surface area contributed by atoms with Crippen LogP contribution in [0.4, 0.5) is 0 Å². The van der Waals surface area contributed by atoms with Crippen molar-refractivity contribution in [3.8, 4) is 5.75 Å². The van der Waals surface area contributed by atoms with Gasteiger partial charge in [0.15, 0.2) is 4.80 Å². The van der Waals surface area contributed by atoms with Crippen LogP contribution in [-0.2, 0) is 16.6 Å². The molecule has 9 heteroatoms. The van der Waals surface area contributed by atoms with Crippen LogP contribution in [0, 0.1) is 13.8 Å². The second kappa shape index (κ2) is 10.3. The van der Waals surface area contributed by atoms with Gasteiger partial charge in [-0.15, -0.1) is 0 Å². The third-order valence-corrected chi connectivity index (χ3v) is 8.50. The van der Waals surface area contributed by atoms with Crippen molar-refractivity contribution in [1.29, 1.82) is 0 Å². The lowest BCUT2D eigenvalue weighted by Gasteiger charge is -2.26. The number of hydrogen-bond acceptors (Lipinski definition) is 6. The molecule has 5 rings (SSSR count). The molecule has 0 amide bonds. The maximum absolute atomic E-state index is 14.2. The lowest BCUT2D eigenvalue weighted by Crippen LogP contribution is -2.40. The van der Waals surface area contributed by atoms with E-state index in [-0.39, 0.29) is 11.7 Å². The molecule has 0 saturated carbocycles. The van der Waals surface area contributed by atoms with E-state index < -0.39 is 12.0 Å². The Morgan fingerprint density at radius 2 is 1.90 bits per heavy atom. The van der Waals surface area contributed by atoms with Crippen LogP contribution in [0.3, 0.4) is 0 Å². The molecule has 0 N–H and O–H groups in total. The molecular formula is C30H30BrN3O4S. The first-order valence-corrected chi connectivity index (χ1v) is 14.2. The molecule has 4 aromatic rings. The third kappa shape index (κ3) is 4.67. The molecule has 1 aliphatic heterocycles. The van der Waals surface area contributed by atoms with Gasteiger partial charge in [0.25, 0.3) is 5.56 Å². The molecule has 7 nitrogen and oxygen atoms in total. The number of esters is 1. The number of halogens is 1. The molecule has 1 aliphatic rings. The molecule has 0 unspecified atom stereocenters. The van der Waals surface area contributed by atoms with Crippen LogP contribution in [0.5, 0.6) is 5.75 Å². The standard InChI is InChI=1S/C30H30BrN3O4S/c1-15(2)38-24-11-9-19(31)13-22(24)27-26(29(36)37-7)17(4)32-30-34(27)28(35)25(39-30)14-20-18(5)33(6)23-10-8-16(3)12-21(20)23/h8-15,27H,1-7H3/b25-14-/t27-/m1/s1. The molecular weight excluding hydrogens is 578 g/mol. The van der Waals surface area contributed by atoms with Crippen molar-refractivity contribution in [2.45, 2.75) is 46.8 Å². The third-order valence-electron chi connectivity index (χ3n) is 7.03. The molecule has 0 radical (unpaired) electrons. The van der Waals surface area contributed by atoms with Crippen molar-refractivity contribution < 1.29 is 14.3 Å². The predicted molar refractivity (Wildman–Crippen MR) is 158 cm³/mol. The number of thiazole rings is 1. The van der Waals surface area contributed by atoms with Crippen molar-refractivity contribution in [3.05, 3.63) is 94.2 Å². The zero-order valence-corrected chi connectivity index (χ0v) is 25.4. The zero-order chi connectivity index (χ0) is 28.2. The highest BCUT2D eigenvalue weighted by atomic mass is 79.9. The Hall–Kier alpha value is -3.43. The van der Waals surface area contributed by atoms with Crippen molar-refractivity contribution in [1.82, 2.24) is 9.13 Å². The summed E-state index contributed by atoms with van der Waals surface area (Å²) in [5.41, 5.74) is 5.57. The number of hydrogen-bond donors (Lipinski definition) is 0. The fraction of sp³-hybridized carbons (Fsp3) is 0.300. The fourth-order valence-electron chi connectivity index (χ4n) is 5.11. The van der Waals surface area contributed by atoms with Crippen LogP contribution in [0.15, 0.2) is 61.9 Å². The van der Waals surface area contributed by atoms with E-state index in [9.17, 15) is 9.59 Å². The van der Waals surface area contributed by atoms with Crippen LogP contribution in [0.1, 0.15) is 49.2 Å². The molecule has 3 heterocycles. The second-order valence-corrected chi connectivity index (χ2v) is 11.9. The lowest BCUT2D eigenvalue weighted by molar-refractivity contribution is -0.136. The summed E-state index contributed by atoms with van der Waals surface area (Å²) in [4.78, 5) is 32.5. The van der Waals surface area contributed by atoms with Gasteiger partial charge >= 0.3 is 5.97 Å². The van der Waals surface area contributed by atoms with E-state index in [1.54, 1.807) is 11.5 Å². The minimum atomic E-state index is -0.766. The highest BCUT2D eigenvalue weighted by Gasteiger charge is 2.35. The number of aromatic nitrogens is 2. The first-order valence-electron chi connectivity index (χ1n) is 12.6. The minimum Gasteiger partial charge on any atom is -0.491 e. The quantitative estimate of drug-likeness (QED) is 0.297. The van der Waals surface area contributed by atoms with Gasteiger partial charge in [0.1, 0.15) is 11.8 Å². The monoisotopic (exact) mass is 607 g/mol. The van der Waals surface area contributed by atoms with Gasteiger partial charge in [0, 0.05) is 39.2 Å². The molecule has 0 aliphatic carbocycles. The normalized spacial score (nSPS) is 15.6. The lowest BCUT2D eigenvalue weighted by atomic mass is 9.95. The van der Waals surface area contributed by atoms with Gasteiger partial charge in [-0.3, -0.25) is 9.36 Å². The maximum Gasteiger partial charge on any atom is 0.338 e. The molecule has 0 bridgehead atoms. The number of benzene rings is 2. The highest BCUT2D eigenvalue weighted by Crippen LogP contribution is 2.38. The summed E-state index contributed by atoms with van der Waals surface area (Å²) in [6.07, 6.45) is 1.84. The van der Waals surface area contributed by atoms with Crippen molar-refractivity contribution in [2.75, 3.05) is 7.11 Å². The molecule has 1 atom stereocenters. The minimum absolute atomic E-state index is 0.106. The molecule has 0 saturated heterocycles. The molecule has 2 aromatic carbocycles. The van der Waals surface area contributed by atoms with Gasteiger partial charge in [-0.1, -0.05) is 38.9 Å². The van der Waals surface area contributed by atoms with Crippen LogP contribution in [-0.4, -0.2) is 28.3 Å². The van der Waals surface area contributed by atoms with Crippen LogP contribution in [0.2, 0.25) is 0 Å². The SMILES string of the molecule is COC(=O)C1=C(C)N=c2s/c(=C\c3c(C)n(C)c4ccc(C)cc34)c(=O)n2[C@@H]1c1cc(Br)ccc1OC(C)C. The summed E-state index contributed by atoms with van der Waals surface area (Å²) in [7, 11) is 3.37. The number of rotatable bonds is 5. The van der Waals surface area contributed by atoms with Gasteiger partial charge < -0.3 is 14.0 Å². The fourth-order valence-corrected chi connectivity index (χ4v) is 6.52. The average Bonchev–Trinajstić information content (AvgIpc) is 3.31. The first-order chi connectivity index (χ1) is 18.5. The second-order valence-electron chi connectivity index (χ2n) is 10.0. The number of carbonyl (C=O) groups excluding carboxylic acids is 1. The topological polar surface area (TPSA) is 74.8 Å². The van der Waals surface area contributed by atoms with Crippen molar-refractivity contribution >= 4 is 50.2 Å². The first kappa shape index (κ1) is 27.1. The Bertz CT molecular complexity index is 1860. The Morgan fingerprint density at radius 1 is 1.15 bits per heavy atom. The van der Waals surface area contributed by atoms with E-state index in [1.165, 1.54) is 18.4 Å². The Morgan fingerprint density at radius 3 is 2.59 bits per heavy atom. The van der Waals surface area contributed by atoms with Gasteiger partial charge in [0.2, 0.25) is 0 Å². The molecule has 202 valence electrons. The number of ether oxygens (including phenoxy) is 2. The summed E-state index contributed by atoms with van der Waals surface area (Å²) in [6, 6.07) is 11.2. The smallest absolute Gasteiger partial charge is 0.338 e. The van der Waals surface area contributed by atoms with Crippen LogP contribution < -0.4 is 19.6 Å². The van der Waals surface area contributed by atoms with E-state index in [2.05, 4.69) is 52.5 Å². The predicted octanol–water partition coefficient (Wildman–Crippen LogP) is 5.07. The van der Waals surface area contributed by atoms with E-state index >= 15 is 0 Å². The van der Waals surface area contributed by atoms with E-state index in [1.807, 2.05) is 45.2 Å². The van der Waals surface area contributed by atoms with Gasteiger partial charge in [-0.05, 0) is 71.0 Å². The molecule has 0 fully saturated rings. The Kier molecular flexibility index (Phi) is 7.15. The highest BCUT2D eigenvalue weighted by molar-refractivity contribution is 9.10. The molecule has 2 aromatic heterocycles. The van der Waals surface area contributed by atoms with Gasteiger partial charge in [-0.25, -0.2) is 9.79 Å². The Balaban J connectivity index is 1.82. The molecule has 39 heavy (non-hydrogen) atoms. The number of allylic oxidation sites excluding steroid dienone is 1. The number of fused-ring (bicyclic) bond motifs is 2. The van der Waals surface area contributed by atoms with Gasteiger partial charge in [0.05, 0.1) is 29.0 Å². The molecule has 0 spiro atoms. The van der Waals surface area contributed by atoms with E-state index in [0.717, 1.165) is 32.2 Å². The summed E-state index contributed by atoms with van der Waals surface area (Å²) < 4.78 is 16.4. The summed E-state index contributed by atoms with van der Waals surface area (Å²) in [5, 5.41) is 1.09. The van der Waals surface area contributed by atoms with Crippen LogP contribution >= 0.6 is 27.3 Å². The maximum atomic E-state index is 14.2. The zero-order valence-electron chi connectivity index (χ0n) is 23.0. The largest absolute Gasteiger partial charge is 0.491 e. The summed E-state index contributed by atoms with van der Waals surface area (Å²) >= 11 is 4.88. The number of methoxy groups -OCH3 is 1. The summed E-state index contributed by atoms with van der Waals surface area (Å²) in [6.45, 7) is 9.76. The van der Waals surface area contributed by atoms with E-state index in [0.29, 0.717) is 31.9 Å². The Labute approximate surface area is 238 Å².